The van der Waals surface area contributed by atoms with Crippen molar-refractivity contribution in [1.82, 2.24) is 9.62 Å². The number of nitrogens with zero attached hydrogens (tertiary/aromatic N) is 1. The molecule has 2 aliphatic rings. The molecule has 2 fully saturated rings. The fraction of sp³-hybridized carbons (Fsp3) is 1.00. The first-order valence-corrected chi connectivity index (χ1v) is 8.23. The van der Waals surface area contributed by atoms with Gasteiger partial charge in [0.15, 0.2) is 0 Å². The van der Waals surface area contributed by atoms with Crippen molar-refractivity contribution >= 4 is 10.0 Å². The van der Waals surface area contributed by atoms with Gasteiger partial charge < -0.3 is 5.32 Å². The zero-order valence-corrected chi connectivity index (χ0v) is 11.7. The van der Waals surface area contributed by atoms with E-state index in [2.05, 4.69) is 5.32 Å². The molecule has 1 aliphatic heterocycles. The number of sulfonamides is 1. The zero-order valence-electron chi connectivity index (χ0n) is 10.9. The summed E-state index contributed by atoms with van der Waals surface area (Å²) >= 11 is 0. The molecule has 100 valence electrons. The summed E-state index contributed by atoms with van der Waals surface area (Å²) in [6, 6.07) is 0.522. The SMILES string of the molecule is CC(C)S(=O)(=O)N1CCC(NCC2CC2)CC1. The molecule has 0 unspecified atom stereocenters. The fourth-order valence-electron chi connectivity index (χ4n) is 2.27. The normalized spacial score (nSPS) is 24.4. The average Bonchev–Trinajstić information content (AvgIpc) is 3.10. The van der Waals surface area contributed by atoms with Crippen LogP contribution in [0.25, 0.3) is 0 Å². The predicted octanol–water partition coefficient (Wildman–Crippen LogP) is 1.19. The average molecular weight is 260 g/mol. The van der Waals surface area contributed by atoms with E-state index in [1.54, 1.807) is 18.2 Å². The van der Waals surface area contributed by atoms with E-state index in [0.29, 0.717) is 19.1 Å². The Kier molecular flexibility index (Phi) is 4.10. The van der Waals surface area contributed by atoms with Gasteiger partial charge in [0.1, 0.15) is 0 Å². The summed E-state index contributed by atoms with van der Waals surface area (Å²) in [7, 11) is -3.04. The summed E-state index contributed by atoms with van der Waals surface area (Å²) in [6.45, 7) is 6.01. The largest absolute Gasteiger partial charge is 0.314 e. The van der Waals surface area contributed by atoms with Crippen LogP contribution in [0.4, 0.5) is 0 Å². The topological polar surface area (TPSA) is 49.4 Å². The lowest BCUT2D eigenvalue weighted by Crippen LogP contribution is -2.47. The smallest absolute Gasteiger partial charge is 0.216 e. The predicted molar refractivity (Wildman–Crippen MR) is 69.4 cm³/mol. The van der Waals surface area contributed by atoms with Gasteiger partial charge in [-0.2, -0.15) is 0 Å². The van der Waals surface area contributed by atoms with E-state index in [-0.39, 0.29) is 5.25 Å². The lowest BCUT2D eigenvalue weighted by molar-refractivity contribution is 0.286. The van der Waals surface area contributed by atoms with Crippen molar-refractivity contribution in [3.8, 4) is 0 Å². The third-order valence-electron chi connectivity index (χ3n) is 3.80. The molecule has 17 heavy (non-hydrogen) atoms. The van der Waals surface area contributed by atoms with Crippen LogP contribution in [-0.2, 0) is 10.0 Å². The first-order chi connectivity index (χ1) is 8.00. The minimum absolute atomic E-state index is 0.293. The molecule has 0 amide bonds. The molecule has 0 spiro atoms. The lowest BCUT2D eigenvalue weighted by atomic mass is 10.1. The Hall–Kier alpha value is -0.130. The Bertz CT molecular complexity index is 342. The van der Waals surface area contributed by atoms with Crippen LogP contribution in [-0.4, -0.2) is 43.6 Å². The van der Waals surface area contributed by atoms with Crippen LogP contribution in [0, 0.1) is 5.92 Å². The second-order valence-corrected chi connectivity index (χ2v) is 8.11. The minimum Gasteiger partial charge on any atom is -0.314 e. The molecular formula is C12H24N2O2S. The number of hydrogen-bond donors (Lipinski definition) is 1. The van der Waals surface area contributed by atoms with Crippen molar-refractivity contribution in [3.63, 3.8) is 0 Å². The highest BCUT2D eigenvalue weighted by Gasteiger charge is 2.30. The molecule has 0 aromatic heterocycles. The van der Waals surface area contributed by atoms with E-state index in [9.17, 15) is 8.42 Å². The fourth-order valence-corrected chi connectivity index (χ4v) is 3.58. The lowest BCUT2D eigenvalue weighted by Gasteiger charge is -2.32. The molecular weight excluding hydrogens is 236 g/mol. The van der Waals surface area contributed by atoms with Gasteiger partial charge in [-0.15, -0.1) is 0 Å². The molecule has 0 atom stereocenters. The molecule has 1 aliphatic carbocycles. The summed E-state index contributed by atoms with van der Waals surface area (Å²) in [4.78, 5) is 0. The molecule has 4 nitrogen and oxygen atoms in total. The molecule has 1 saturated heterocycles. The Morgan fingerprint density at radius 1 is 1.18 bits per heavy atom. The van der Waals surface area contributed by atoms with Gasteiger partial charge in [-0.25, -0.2) is 12.7 Å². The van der Waals surface area contributed by atoms with Crippen LogP contribution in [0.2, 0.25) is 0 Å². The quantitative estimate of drug-likeness (QED) is 0.808. The number of piperidine rings is 1. The van der Waals surface area contributed by atoms with Crippen molar-refractivity contribution in [2.45, 2.75) is 50.8 Å². The first-order valence-electron chi connectivity index (χ1n) is 6.72. The van der Waals surface area contributed by atoms with Gasteiger partial charge in [-0.3, -0.25) is 0 Å². The van der Waals surface area contributed by atoms with Gasteiger partial charge in [0.2, 0.25) is 10.0 Å². The van der Waals surface area contributed by atoms with Gasteiger partial charge in [0.05, 0.1) is 5.25 Å². The molecule has 0 radical (unpaired) electrons. The van der Waals surface area contributed by atoms with Crippen molar-refractivity contribution in [3.05, 3.63) is 0 Å². The van der Waals surface area contributed by atoms with Crippen molar-refractivity contribution in [2.75, 3.05) is 19.6 Å². The molecule has 0 bridgehead atoms. The molecule has 5 heteroatoms. The molecule has 0 aromatic rings. The van der Waals surface area contributed by atoms with Gasteiger partial charge in [-0.05, 0) is 52.0 Å². The highest BCUT2D eigenvalue weighted by atomic mass is 32.2. The number of hydrogen-bond acceptors (Lipinski definition) is 3. The molecule has 1 N–H and O–H groups in total. The van der Waals surface area contributed by atoms with Crippen LogP contribution in [0.15, 0.2) is 0 Å². The third kappa shape index (κ3) is 3.42. The van der Waals surface area contributed by atoms with E-state index in [4.69, 9.17) is 0 Å². The molecule has 0 aromatic carbocycles. The maximum atomic E-state index is 12.0. The highest BCUT2D eigenvalue weighted by Crippen LogP contribution is 2.28. The van der Waals surface area contributed by atoms with Gasteiger partial charge >= 0.3 is 0 Å². The maximum Gasteiger partial charge on any atom is 0.216 e. The Labute approximate surface area is 105 Å². The second-order valence-electron chi connectivity index (χ2n) is 5.62. The highest BCUT2D eigenvalue weighted by molar-refractivity contribution is 7.89. The summed E-state index contributed by atoms with van der Waals surface area (Å²) < 4.78 is 25.6. The van der Waals surface area contributed by atoms with Gasteiger partial charge in [-0.1, -0.05) is 0 Å². The van der Waals surface area contributed by atoms with Gasteiger partial charge in [0, 0.05) is 19.1 Å². The van der Waals surface area contributed by atoms with Crippen LogP contribution in [0.1, 0.15) is 39.5 Å². The molecule has 1 heterocycles. The molecule has 2 rings (SSSR count). The Morgan fingerprint density at radius 3 is 2.24 bits per heavy atom. The first kappa shape index (κ1) is 13.3. The summed E-state index contributed by atoms with van der Waals surface area (Å²) in [5, 5.41) is 3.27. The van der Waals surface area contributed by atoms with E-state index in [1.807, 2.05) is 0 Å². The van der Waals surface area contributed by atoms with Crippen LogP contribution < -0.4 is 5.32 Å². The second kappa shape index (κ2) is 5.24. The maximum absolute atomic E-state index is 12.0. The van der Waals surface area contributed by atoms with E-state index >= 15 is 0 Å². The summed E-state index contributed by atoms with van der Waals surface area (Å²) in [6.07, 6.45) is 4.65. The number of nitrogens with one attached hydrogen (secondary N) is 1. The van der Waals surface area contributed by atoms with Crippen LogP contribution >= 0.6 is 0 Å². The zero-order chi connectivity index (χ0) is 12.5. The van der Waals surface area contributed by atoms with Crippen LogP contribution in [0.5, 0.6) is 0 Å². The van der Waals surface area contributed by atoms with Gasteiger partial charge in [0.25, 0.3) is 0 Å². The van der Waals surface area contributed by atoms with E-state index < -0.39 is 10.0 Å². The Balaban J connectivity index is 1.76. The Morgan fingerprint density at radius 2 is 1.76 bits per heavy atom. The minimum atomic E-state index is -3.04. The van der Waals surface area contributed by atoms with E-state index in [0.717, 1.165) is 25.3 Å². The standard InChI is InChI=1S/C12H24N2O2S/c1-10(2)17(15,16)14-7-5-12(6-8-14)13-9-11-3-4-11/h10-13H,3-9H2,1-2H3. The van der Waals surface area contributed by atoms with Crippen molar-refractivity contribution in [2.24, 2.45) is 5.92 Å². The molecule has 1 saturated carbocycles. The van der Waals surface area contributed by atoms with Crippen molar-refractivity contribution < 1.29 is 8.42 Å². The van der Waals surface area contributed by atoms with Crippen LogP contribution in [0.3, 0.4) is 0 Å². The summed E-state index contributed by atoms with van der Waals surface area (Å²) in [5.74, 6) is 0.896. The summed E-state index contributed by atoms with van der Waals surface area (Å²) in [5.41, 5.74) is 0. The number of rotatable bonds is 5. The van der Waals surface area contributed by atoms with Crippen molar-refractivity contribution in [1.29, 1.82) is 0 Å². The monoisotopic (exact) mass is 260 g/mol. The third-order valence-corrected chi connectivity index (χ3v) is 6.08. The van der Waals surface area contributed by atoms with E-state index in [1.165, 1.54) is 12.8 Å².